The van der Waals surface area contributed by atoms with Crippen molar-refractivity contribution in [2.24, 2.45) is 0 Å². The van der Waals surface area contributed by atoms with Crippen molar-refractivity contribution in [3.63, 3.8) is 0 Å². The van der Waals surface area contributed by atoms with Crippen LogP contribution in [0.4, 0.5) is 5.69 Å². The molecule has 0 aromatic heterocycles. The van der Waals surface area contributed by atoms with Gasteiger partial charge in [0.1, 0.15) is 18.0 Å². The molecule has 0 saturated heterocycles. The Morgan fingerprint density at radius 2 is 1.84 bits per heavy atom. The van der Waals surface area contributed by atoms with Crippen molar-refractivity contribution < 1.29 is 19.2 Å². The third kappa shape index (κ3) is 5.11. The van der Waals surface area contributed by atoms with E-state index in [4.69, 9.17) is 21.1 Å². The number of hydrogen-bond acceptors (Lipinski definition) is 3. The van der Waals surface area contributed by atoms with Crippen LogP contribution in [0.5, 0.6) is 11.5 Å². The number of amides is 1. The highest BCUT2D eigenvalue weighted by Gasteiger charge is 2.23. The first-order valence-corrected chi connectivity index (χ1v) is 8.42. The zero-order valence-corrected chi connectivity index (χ0v) is 15.7. The van der Waals surface area contributed by atoms with Crippen molar-refractivity contribution in [3.05, 3.63) is 53.1 Å². The summed E-state index contributed by atoms with van der Waals surface area (Å²) in [5.74, 6) is 1.45. The molecule has 25 heavy (non-hydrogen) atoms. The van der Waals surface area contributed by atoms with Crippen molar-refractivity contribution in [1.29, 1.82) is 0 Å². The van der Waals surface area contributed by atoms with Gasteiger partial charge in [0.05, 0.1) is 21.3 Å². The summed E-state index contributed by atoms with van der Waals surface area (Å²) in [5, 5.41) is 3.55. The Hall–Kier alpha value is -2.24. The summed E-state index contributed by atoms with van der Waals surface area (Å²) < 4.78 is 10.6. The molecule has 0 radical (unpaired) electrons. The lowest BCUT2D eigenvalue weighted by atomic mass is 10.1. The van der Waals surface area contributed by atoms with E-state index >= 15 is 0 Å². The molecular weight excluding hydrogens is 340 g/mol. The van der Waals surface area contributed by atoms with Crippen LogP contribution in [0.1, 0.15) is 12.5 Å². The summed E-state index contributed by atoms with van der Waals surface area (Å²) in [4.78, 5) is 13.5. The standard InChI is InChI=1S/C19H23ClN2O3/c1-13(19(23)21-16-8-6-15(20)7-9-16)22(2)12-14-5-10-17(24-3)11-18(14)25-4/h5-11,13H,12H2,1-4H3,(H,21,23)/p+1/t13-/m1/s1. The molecule has 0 aliphatic rings. The maximum absolute atomic E-state index is 12.5. The number of anilines is 1. The summed E-state index contributed by atoms with van der Waals surface area (Å²) >= 11 is 5.86. The number of benzene rings is 2. The van der Waals surface area contributed by atoms with Gasteiger partial charge in [-0.3, -0.25) is 4.79 Å². The molecule has 0 heterocycles. The van der Waals surface area contributed by atoms with Crippen molar-refractivity contribution in [2.75, 3.05) is 26.6 Å². The lowest BCUT2D eigenvalue weighted by Crippen LogP contribution is -3.12. The van der Waals surface area contributed by atoms with Gasteiger partial charge in [0.15, 0.2) is 6.04 Å². The summed E-state index contributed by atoms with van der Waals surface area (Å²) in [7, 11) is 5.23. The number of carbonyl (C=O) groups is 1. The van der Waals surface area contributed by atoms with E-state index in [0.29, 0.717) is 11.6 Å². The lowest BCUT2D eigenvalue weighted by Gasteiger charge is -2.22. The molecule has 0 aliphatic heterocycles. The van der Waals surface area contributed by atoms with E-state index in [-0.39, 0.29) is 11.9 Å². The minimum atomic E-state index is -0.234. The highest BCUT2D eigenvalue weighted by atomic mass is 35.5. The fraction of sp³-hybridized carbons (Fsp3) is 0.316. The van der Waals surface area contributed by atoms with Gasteiger partial charge in [0.2, 0.25) is 0 Å². The zero-order chi connectivity index (χ0) is 18.4. The van der Waals surface area contributed by atoms with E-state index in [1.807, 2.05) is 32.2 Å². The Morgan fingerprint density at radius 3 is 2.44 bits per heavy atom. The van der Waals surface area contributed by atoms with E-state index in [2.05, 4.69) is 5.32 Å². The van der Waals surface area contributed by atoms with Crippen LogP contribution in [-0.4, -0.2) is 33.2 Å². The van der Waals surface area contributed by atoms with Gasteiger partial charge in [0.25, 0.3) is 5.91 Å². The molecule has 2 N–H and O–H groups in total. The van der Waals surface area contributed by atoms with Crippen molar-refractivity contribution in [1.82, 2.24) is 0 Å². The SMILES string of the molecule is COc1ccc(C[NH+](C)[C@H](C)C(=O)Nc2ccc(Cl)cc2)c(OC)c1. The number of carbonyl (C=O) groups excluding carboxylic acids is 1. The van der Waals surface area contributed by atoms with Gasteiger partial charge in [-0.05, 0) is 43.3 Å². The fourth-order valence-electron chi connectivity index (χ4n) is 2.46. The minimum Gasteiger partial charge on any atom is -0.497 e. The number of methoxy groups -OCH3 is 2. The second kappa shape index (κ2) is 8.74. The fourth-order valence-corrected chi connectivity index (χ4v) is 2.58. The Bertz CT molecular complexity index is 719. The van der Waals surface area contributed by atoms with Crippen LogP contribution in [0.2, 0.25) is 5.02 Å². The predicted octanol–water partition coefficient (Wildman–Crippen LogP) is 2.40. The molecule has 2 aromatic carbocycles. The molecule has 1 unspecified atom stereocenters. The summed E-state index contributed by atoms with van der Waals surface area (Å²) in [6.45, 7) is 2.55. The maximum atomic E-state index is 12.5. The molecule has 0 spiro atoms. The number of likely N-dealkylation sites (N-methyl/N-ethyl adjacent to an activating group) is 1. The van der Waals surface area contributed by atoms with Gasteiger partial charge < -0.3 is 19.7 Å². The van der Waals surface area contributed by atoms with Crippen LogP contribution >= 0.6 is 11.6 Å². The summed E-state index contributed by atoms with van der Waals surface area (Å²) in [5.41, 5.74) is 1.75. The van der Waals surface area contributed by atoms with E-state index in [1.165, 1.54) is 0 Å². The van der Waals surface area contributed by atoms with Gasteiger partial charge >= 0.3 is 0 Å². The largest absolute Gasteiger partial charge is 0.497 e. The molecule has 6 heteroatoms. The van der Waals surface area contributed by atoms with Gasteiger partial charge in [-0.25, -0.2) is 0 Å². The molecule has 0 bridgehead atoms. The topological polar surface area (TPSA) is 52.0 Å². The number of quaternary nitrogens is 1. The third-order valence-corrected chi connectivity index (χ3v) is 4.46. The number of rotatable bonds is 7. The molecule has 5 nitrogen and oxygen atoms in total. The Morgan fingerprint density at radius 1 is 1.16 bits per heavy atom. The van der Waals surface area contributed by atoms with Crippen LogP contribution in [-0.2, 0) is 11.3 Å². The number of halogens is 1. The lowest BCUT2D eigenvalue weighted by molar-refractivity contribution is -0.907. The average Bonchev–Trinajstić information content (AvgIpc) is 2.63. The van der Waals surface area contributed by atoms with Gasteiger partial charge in [-0.15, -0.1) is 0 Å². The maximum Gasteiger partial charge on any atom is 0.282 e. The molecular formula is C19H24ClN2O3+. The first-order chi connectivity index (χ1) is 11.9. The molecule has 0 aliphatic carbocycles. The zero-order valence-electron chi connectivity index (χ0n) is 14.9. The van der Waals surface area contributed by atoms with E-state index in [1.54, 1.807) is 38.5 Å². The highest BCUT2D eigenvalue weighted by Crippen LogP contribution is 2.23. The van der Waals surface area contributed by atoms with E-state index in [9.17, 15) is 4.79 Å². The Balaban J connectivity index is 2.03. The van der Waals surface area contributed by atoms with Crippen LogP contribution in [0.3, 0.4) is 0 Å². The Kier molecular flexibility index (Phi) is 6.67. The minimum absolute atomic E-state index is 0.0488. The van der Waals surface area contributed by atoms with Crippen molar-refractivity contribution in [3.8, 4) is 11.5 Å². The van der Waals surface area contributed by atoms with Crippen LogP contribution < -0.4 is 19.7 Å². The van der Waals surface area contributed by atoms with Crippen LogP contribution in [0, 0.1) is 0 Å². The molecule has 1 amide bonds. The summed E-state index contributed by atoms with van der Waals surface area (Å²) in [6.07, 6.45) is 0. The normalized spacial score (nSPS) is 13.0. The second-order valence-electron chi connectivity index (χ2n) is 5.92. The van der Waals surface area contributed by atoms with Gasteiger partial charge in [0, 0.05) is 22.3 Å². The molecule has 2 aromatic rings. The average molecular weight is 364 g/mol. The number of ether oxygens (including phenoxy) is 2. The number of hydrogen-bond donors (Lipinski definition) is 2. The monoisotopic (exact) mass is 363 g/mol. The smallest absolute Gasteiger partial charge is 0.282 e. The summed E-state index contributed by atoms with van der Waals surface area (Å²) in [6, 6.07) is 12.5. The first kappa shape index (κ1) is 19.1. The highest BCUT2D eigenvalue weighted by molar-refractivity contribution is 6.30. The van der Waals surface area contributed by atoms with Crippen LogP contribution in [0.15, 0.2) is 42.5 Å². The quantitative estimate of drug-likeness (QED) is 0.794. The van der Waals surface area contributed by atoms with E-state index in [0.717, 1.165) is 27.6 Å². The van der Waals surface area contributed by atoms with Gasteiger partial charge in [-0.1, -0.05) is 11.6 Å². The van der Waals surface area contributed by atoms with E-state index < -0.39 is 0 Å². The Labute approximate surface area is 153 Å². The third-order valence-electron chi connectivity index (χ3n) is 4.21. The van der Waals surface area contributed by atoms with Crippen LogP contribution in [0.25, 0.3) is 0 Å². The second-order valence-corrected chi connectivity index (χ2v) is 6.36. The molecule has 134 valence electrons. The van der Waals surface area contributed by atoms with Crippen molar-refractivity contribution in [2.45, 2.75) is 19.5 Å². The molecule has 0 saturated carbocycles. The first-order valence-electron chi connectivity index (χ1n) is 8.04. The predicted molar refractivity (Wildman–Crippen MR) is 99.7 cm³/mol. The van der Waals surface area contributed by atoms with Gasteiger partial charge in [-0.2, -0.15) is 0 Å². The molecule has 0 fully saturated rings. The van der Waals surface area contributed by atoms with Crippen molar-refractivity contribution >= 4 is 23.2 Å². The molecule has 2 rings (SSSR count). The molecule has 2 atom stereocenters. The number of nitrogens with one attached hydrogen (secondary N) is 2.